The molecule has 0 bridgehead atoms. The van der Waals surface area contributed by atoms with E-state index in [9.17, 15) is 19.2 Å². The molecule has 3 aromatic rings. The Bertz CT molecular complexity index is 1420. The second-order valence-electron chi connectivity index (χ2n) is 8.15. The average Bonchev–Trinajstić information content (AvgIpc) is 3.45. The van der Waals surface area contributed by atoms with Gasteiger partial charge in [0.05, 0.1) is 22.6 Å². The summed E-state index contributed by atoms with van der Waals surface area (Å²) in [6, 6.07) is 13.0. The van der Waals surface area contributed by atoms with Crippen LogP contribution < -0.4 is 15.4 Å². The van der Waals surface area contributed by atoms with E-state index in [2.05, 4.69) is 47.2 Å². The first kappa shape index (κ1) is 27.1. The van der Waals surface area contributed by atoms with Gasteiger partial charge in [0.15, 0.2) is 6.61 Å². The predicted octanol–water partition coefficient (Wildman–Crippen LogP) is 5.01. The van der Waals surface area contributed by atoms with Crippen LogP contribution in [0.4, 0.5) is 10.5 Å². The summed E-state index contributed by atoms with van der Waals surface area (Å²) >= 11 is 6.85. The molecule has 2 N–H and O–H groups in total. The van der Waals surface area contributed by atoms with Crippen LogP contribution in [-0.2, 0) is 20.9 Å². The van der Waals surface area contributed by atoms with Gasteiger partial charge in [0.25, 0.3) is 11.8 Å². The van der Waals surface area contributed by atoms with E-state index in [1.165, 1.54) is 25.3 Å². The van der Waals surface area contributed by atoms with Gasteiger partial charge in [0.2, 0.25) is 5.76 Å². The molecule has 10 nitrogen and oxygen atoms in total. The Balaban J connectivity index is 1.41. The molecule has 0 aliphatic carbocycles. The number of benzene rings is 2. The van der Waals surface area contributed by atoms with Crippen molar-refractivity contribution in [3.63, 3.8) is 0 Å². The molecule has 1 saturated heterocycles. The number of nitrogens with zero attached hydrogens (tertiary/aromatic N) is 1. The molecule has 1 aliphatic heterocycles. The van der Waals surface area contributed by atoms with E-state index in [1.54, 1.807) is 24.3 Å². The van der Waals surface area contributed by atoms with Crippen LogP contribution >= 0.6 is 31.9 Å². The molecule has 2 aromatic carbocycles. The van der Waals surface area contributed by atoms with Crippen LogP contribution in [0.5, 0.6) is 5.75 Å². The largest absolute Gasteiger partial charge is 0.481 e. The number of hydrogen-bond donors (Lipinski definition) is 2. The van der Waals surface area contributed by atoms with Gasteiger partial charge in [0, 0.05) is 5.69 Å². The van der Waals surface area contributed by atoms with Crippen molar-refractivity contribution in [2.75, 3.05) is 19.0 Å². The molecule has 196 valence electrons. The Labute approximate surface area is 234 Å². The summed E-state index contributed by atoms with van der Waals surface area (Å²) in [5, 5.41) is 5.30. The third-order valence-electron chi connectivity index (χ3n) is 5.34. The number of amides is 4. The molecule has 0 saturated carbocycles. The van der Waals surface area contributed by atoms with Crippen molar-refractivity contribution in [1.82, 2.24) is 10.2 Å². The summed E-state index contributed by atoms with van der Waals surface area (Å²) in [6.07, 6.45) is 1.51. The van der Waals surface area contributed by atoms with E-state index in [0.29, 0.717) is 25.9 Å². The van der Waals surface area contributed by atoms with Crippen molar-refractivity contribution in [3.8, 4) is 5.75 Å². The van der Waals surface area contributed by atoms with Gasteiger partial charge in [-0.2, -0.15) is 0 Å². The number of imide groups is 1. The molecule has 0 spiro atoms. The number of methoxy groups -OCH3 is 1. The van der Waals surface area contributed by atoms with Crippen molar-refractivity contribution in [1.29, 1.82) is 0 Å². The lowest BCUT2D eigenvalue weighted by Gasteiger charge is -2.12. The highest BCUT2D eigenvalue weighted by Crippen LogP contribution is 2.35. The first-order valence-corrected chi connectivity index (χ1v) is 12.7. The number of urea groups is 1. The highest BCUT2D eigenvalue weighted by atomic mass is 79.9. The van der Waals surface area contributed by atoms with Crippen LogP contribution in [0.2, 0.25) is 0 Å². The molecule has 0 radical (unpaired) electrons. The number of ether oxygens (including phenoxy) is 2. The molecular formula is C26H21Br2N3O7. The van der Waals surface area contributed by atoms with Crippen LogP contribution in [0.1, 0.15) is 27.4 Å². The van der Waals surface area contributed by atoms with Crippen molar-refractivity contribution in [2.45, 2.75) is 13.5 Å². The smallest absolute Gasteiger partial charge is 0.373 e. The number of carbonyl (C=O) groups is 4. The van der Waals surface area contributed by atoms with E-state index in [4.69, 9.17) is 9.15 Å². The Morgan fingerprint density at radius 1 is 1.08 bits per heavy atom. The van der Waals surface area contributed by atoms with E-state index >= 15 is 0 Å². The second kappa shape index (κ2) is 11.7. The lowest BCUT2D eigenvalue weighted by Crippen LogP contribution is -2.30. The standard InChI is InChI=1S/C26H21Br2N3O7/c1-14-3-5-16(6-4-14)29-22(32)13-37-23-18(27)9-15(10-19(23)28)11-20-24(33)31(26(35)30-20)12-17-7-8-21(38-17)25(34)36-2/h3-11H,12-13H2,1-2H3,(H,29,32)(H,30,35)/b20-11-. The Morgan fingerprint density at radius 3 is 2.42 bits per heavy atom. The Kier molecular flexibility index (Phi) is 8.32. The molecule has 0 atom stereocenters. The second-order valence-corrected chi connectivity index (χ2v) is 9.86. The topological polar surface area (TPSA) is 127 Å². The highest BCUT2D eigenvalue weighted by molar-refractivity contribution is 9.11. The van der Waals surface area contributed by atoms with Crippen molar-refractivity contribution >= 4 is 67.4 Å². The van der Waals surface area contributed by atoms with Crippen LogP contribution in [0.3, 0.4) is 0 Å². The minimum Gasteiger partial charge on any atom is -0.481 e. The maximum absolute atomic E-state index is 12.9. The number of nitrogens with one attached hydrogen (secondary N) is 2. The fraction of sp³-hybridized carbons (Fsp3) is 0.154. The molecule has 1 fully saturated rings. The highest BCUT2D eigenvalue weighted by Gasteiger charge is 2.34. The summed E-state index contributed by atoms with van der Waals surface area (Å²) in [5.74, 6) is -0.943. The third kappa shape index (κ3) is 6.32. The summed E-state index contributed by atoms with van der Waals surface area (Å²) in [7, 11) is 1.22. The third-order valence-corrected chi connectivity index (χ3v) is 6.52. The zero-order valence-corrected chi connectivity index (χ0v) is 23.3. The number of hydrogen-bond acceptors (Lipinski definition) is 7. The normalized spacial score (nSPS) is 14.0. The number of rotatable bonds is 8. The summed E-state index contributed by atoms with van der Waals surface area (Å²) in [6.45, 7) is 1.57. The predicted molar refractivity (Wildman–Crippen MR) is 144 cm³/mol. The first-order chi connectivity index (χ1) is 18.1. The molecule has 2 heterocycles. The molecule has 38 heavy (non-hydrogen) atoms. The summed E-state index contributed by atoms with van der Waals surface area (Å²) in [4.78, 5) is 50.1. The van der Waals surface area contributed by atoms with Gasteiger partial charge < -0.3 is 24.5 Å². The maximum atomic E-state index is 12.9. The van der Waals surface area contributed by atoms with Crippen molar-refractivity contribution in [2.24, 2.45) is 0 Å². The number of furan rings is 1. The summed E-state index contributed by atoms with van der Waals surface area (Å²) < 4.78 is 16.7. The van der Waals surface area contributed by atoms with Gasteiger partial charge in [-0.25, -0.2) is 9.59 Å². The molecule has 1 aromatic heterocycles. The Hall–Kier alpha value is -3.90. The maximum Gasteiger partial charge on any atom is 0.373 e. The van der Waals surface area contributed by atoms with E-state index in [0.717, 1.165) is 10.5 Å². The van der Waals surface area contributed by atoms with Gasteiger partial charge in [0.1, 0.15) is 17.2 Å². The van der Waals surface area contributed by atoms with E-state index in [1.807, 2.05) is 19.1 Å². The van der Waals surface area contributed by atoms with Gasteiger partial charge in [-0.3, -0.25) is 14.5 Å². The molecule has 4 rings (SSSR count). The van der Waals surface area contributed by atoms with E-state index < -0.39 is 17.9 Å². The lowest BCUT2D eigenvalue weighted by molar-refractivity contribution is -0.123. The quantitative estimate of drug-likeness (QED) is 0.200. The number of aryl methyl sites for hydroxylation is 1. The lowest BCUT2D eigenvalue weighted by atomic mass is 10.2. The minimum absolute atomic E-state index is 0.0324. The Morgan fingerprint density at radius 2 is 1.76 bits per heavy atom. The molecule has 4 amide bonds. The van der Waals surface area contributed by atoms with Crippen LogP contribution in [0.25, 0.3) is 6.08 Å². The van der Waals surface area contributed by atoms with Gasteiger partial charge in [-0.05, 0) is 86.8 Å². The molecular weight excluding hydrogens is 626 g/mol. The van der Waals surface area contributed by atoms with Crippen LogP contribution in [0, 0.1) is 6.92 Å². The van der Waals surface area contributed by atoms with Crippen LogP contribution in [-0.4, -0.2) is 42.4 Å². The zero-order chi connectivity index (χ0) is 27.4. The van der Waals surface area contributed by atoms with Gasteiger partial charge in [-0.1, -0.05) is 17.7 Å². The molecule has 0 unspecified atom stereocenters. The zero-order valence-electron chi connectivity index (χ0n) is 20.2. The monoisotopic (exact) mass is 645 g/mol. The fourth-order valence-electron chi connectivity index (χ4n) is 3.48. The molecule has 1 aliphatic rings. The average molecular weight is 647 g/mol. The number of anilines is 1. The summed E-state index contributed by atoms with van der Waals surface area (Å²) in [5.41, 5.74) is 2.38. The van der Waals surface area contributed by atoms with Crippen LogP contribution in [0.15, 0.2) is 67.6 Å². The van der Waals surface area contributed by atoms with Gasteiger partial charge >= 0.3 is 12.0 Å². The number of esters is 1. The van der Waals surface area contributed by atoms with Crippen molar-refractivity contribution in [3.05, 3.63) is 85.8 Å². The number of halogens is 2. The minimum atomic E-state index is -0.662. The number of carbonyl (C=O) groups excluding carboxylic acids is 4. The van der Waals surface area contributed by atoms with Crippen molar-refractivity contribution < 1.29 is 33.1 Å². The first-order valence-electron chi connectivity index (χ1n) is 11.1. The fourth-order valence-corrected chi connectivity index (χ4v) is 4.93. The van der Waals surface area contributed by atoms with E-state index in [-0.39, 0.29) is 36.3 Å². The SMILES string of the molecule is COC(=O)c1ccc(CN2C(=O)N/C(=C\c3cc(Br)c(OCC(=O)Nc4ccc(C)cc4)c(Br)c3)C2=O)o1. The van der Waals surface area contributed by atoms with Gasteiger partial charge in [-0.15, -0.1) is 0 Å². The molecule has 12 heteroatoms.